The van der Waals surface area contributed by atoms with Crippen LogP contribution in [0, 0.1) is 5.82 Å². The first-order chi connectivity index (χ1) is 10.1. The second kappa shape index (κ2) is 7.17. The van der Waals surface area contributed by atoms with Crippen LogP contribution in [0.1, 0.15) is 23.2 Å². The lowest BCUT2D eigenvalue weighted by molar-refractivity contribution is -0.132. The van der Waals surface area contributed by atoms with Gasteiger partial charge in [0.2, 0.25) is 5.91 Å². The SMILES string of the molecule is COC1CCN(C(=O)CNC(=O)c2cccc(F)c2)CC1. The van der Waals surface area contributed by atoms with Crippen LogP contribution in [-0.2, 0) is 9.53 Å². The van der Waals surface area contributed by atoms with Gasteiger partial charge in [-0.1, -0.05) is 6.07 Å². The highest BCUT2D eigenvalue weighted by molar-refractivity contribution is 5.96. The summed E-state index contributed by atoms with van der Waals surface area (Å²) in [5, 5.41) is 2.52. The zero-order valence-electron chi connectivity index (χ0n) is 12.0. The smallest absolute Gasteiger partial charge is 0.251 e. The summed E-state index contributed by atoms with van der Waals surface area (Å²) in [7, 11) is 1.67. The Labute approximate surface area is 123 Å². The first kappa shape index (κ1) is 15.4. The monoisotopic (exact) mass is 294 g/mol. The van der Waals surface area contributed by atoms with E-state index in [0.29, 0.717) is 13.1 Å². The van der Waals surface area contributed by atoms with Crippen LogP contribution >= 0.6 is 0 Å². The maximum atomic E-state index is 13.0. The lowest BCUT2D eigenvalue weighted by Gasteiger charge is -2.31. The molecule has 0 atom stereocenters. The van der Waals surface area contributed by atoms with Crippen molar-refractivity contribution in [2.75, 3.05) is 26.7 Å². The Morgan fingerprint density at radius 2 is 2.10 bits per heavy atom. The summed E-state index contributed by atoms with van der Waals surface area (Å²) in [5.74, 6) is -1.06. The molecule has 0 aliphatic carbocycles. The maximum Gasteiger partial charge on any atom is 0.251 e. The molecule has 1 N–H and O–H groups in total. The molecule has 114 valence electrons. The molecular weight excluding hydrogens is 275 g/mol. The third-order valence-corrected chi connectivity index (χ3v) is 3.62. The van der Waals surface area contributed by atoms with Crippen molar-refractivity contribution in [3.63, 3.8) is 0 Å². The molecule has 0 aromatic heterocycles. The van der Waals surface area contributed by atoms with Crippen LogP contribution < -0.4 is 5.32 Å². The van der Waals surface area contributed by atoms with Crippen molar-refractivity contribution < 1.29 is 18.7 Å². The van der Waals surface area contributed by atoms with Gasteiger partial charge in [0.15, 0.2) is 0 Å². The molecule has 1 aromatic carbocycles. The highest BCUT2D eigenvalue weighted by atomic mass is 19.1. The van der Waals surface area contributed by atoms with E-state index in [1.54, 1.807) is 12.0 Å². The van der Waals surface area contributed by atoms with Crippen LogP contribution in [-0.4, -0.2) is 49.6 Å². The van der Waals surface area contributed by atoms with E-state index in [-0.39, 0.29) is 24.1 Å². The number of nitrogens with one attached hydrogen (secondary N) is 1. The molecule has 2 amide bonds. The normalized spacial score (nSPS) is 15.8. The number of rotatable bonds is 4. The second-order valence-electron chi connectivity index (χ2n) is 5.01. The highest BCUT2D eigenvalue weighted by Crippen LogP contribution is 2.12. The predicted octanol–water partition coefficient (Wildman–Crippen LogP) is 1.19. The summed E-state index contributed by atoms with van der Waals surface area (Å²) in [6.45, 7) is 1.19. The molecule has 1 saturated heterocycles. The molecule has 1 aromatic rings. The van der Waals surface area contributed by atoms with Gasteiger partial charge in [-0.3, -0.25) is 9.59 Å². The van der Waals surface area contributed by atoms with Crippen molar-refractivity contribution >= 4 is 11.8 Å². The van der Waals surface area contributed by atoms with E-state index in [1.807, 2.05) is 0 Å². The average molecular weight is 294 g/mol. The average Bonchev–Trinajstić information content (AvgIpc) is 2.52. The quantitative estimate of drug-likeness (QED) is 0.907. The number of methoxy groups -OCH3 is 1. The van der Waals surface area contributed by atoms with Gasteiger partial charge in [0.1, 0.15) is 5.82 Å². The first-order valence-electron chi connectivity index (χ1n) is 6.94. The summed E-state index contributed by atoms with van der Waals surface area (Å²) in [5.41, 5.74) is 0.209. The van der Waals surface area contributed by atoms with Gasteiger partial charge in [0.05, 0.1) is 12.6 Å². The predicted molar refractivity (Wildman–Crippen MR) is 75.3 cm³/mol. The third kappa shape index (κ3) is 4.26. The standard InChI is InChI=1S/C15H19FN2O3/c1-21-13-5-7-18(8-6-13)14(19)10-17-15(20)11-3-2-4-12(16)9-11/h2-4,9,13H,5-8,10H2,1H3,(H,17,20). The van der Waals surface area contributed by atoms with E-state index >= 15 is 0 Å². The van der Waals surface area contributed by atoms with Gasteiger partial charge in [-0.15, -0.1) is 0 Å². The zero-order valence-corrected chi connectivity index (χ0v) is 12.0. The van der Waals surface area contributed by atoms with Gasteiger partial charge in [0.25, 0.3) is 5.91 Å². The minimum atomic E-state index is -0.476. The van der Waals surface area contributed by atoms with Crippen molar-refractivity contribution in [3.8, 4) is 0 Å². The third-order valence-electron chi connectivity index (χ3n) is 3.62. The molecule has 6 heteroatoms. The number of likely N-dealkylation sites (tertiary alicyclic amines) is 1. The number of carbonyl (C=O) groups is 2. The van der Waals surface area contributed by atoms with Gasteiger partial charge < -0.3 is 15.0 Å². The molecule has 2 rings (SSSR count). The van der Waals surface area contributed by atoms with Gasteiger partial charge in [-0.05, 0) is 31.0 Å². The molecule has 0 radical (unpaired) electrons. The fourth-order valence-electron chi connectivity index (χ4n) is 2.34. The van der Waals surface area contributed by atoms with E-state index in [4.69, 9.17) is 4.74 Å². The summed E-state index contributed by atoms with van der Waals surface area (Å²) >= 11 is 0. The number of hydrogen-bond donors (Lipinski definition) is 1. The molecule has 0 bridgehead atoms. The molecular formula is C15H19FN2O3. The number of carbonyl (C=O) groups excluding carboxylic acids is 2. The molecule has 5 nitrogen and oxygen atoms in total. The van der Waals surface area contributed by atoms with Crippen LogP contribution in [0.25, 0.3) is 0 Å². The number of ether oxygens (including phenoxy) is 1. The molecule has 1 fully saturated rings. The van der Waals surface area contributed by atoms with Crippen molar-refractivity contribution in [1.82, 2.24) is 10.2 Å². The number of nitrogens with zero attached hydrogens (tertiary/aromatic N) is 1. The van der Waals surface area contributed by atoms with Gasteiger partial charge in [0, 0.05) is 25.8 Å². The van der Waals surface area contributed by atoms with E-state index in [0.717, 1.165) is 18.9 Å². The maximum absolute atomic E-state index is 13.0. The Hall–Kier alpha value is -1.95. The molecule has 0 unspecified atom stereocenters. The van der Waals surface area contributed by atoms with Gasteiger partial charge in [-0.2, -0.15) is 0 Å². The lowest BCUT2D eigenvalue weighted by atomic mass is 10.1. The largest absolute Gasteiger partial charge is 0.381 e. The Balaban J connectivity index is 1.80. The van der Waals surface area contributed by atoms with Crippen molar-refractivity contribution in [1.29, 1.82) is 0 Å². The number of piperidine rings is 1. The van der Waals surface area contributed by atoms with Crippen molar-refractivity contribution in [2.24, 2.45) is 0 Å². The second-order valence-corrected chi connectivity index (χ2v) is 5.01. The summed E-state index contributed by atoms with van der Waals surface area (Å²) in [6, 6.07) is 5.38. The van der Waals surface area contributed by atoms with E-state index < -0.39 is 11.7 Å². The summed E-state index contributed by atoms with van der Waals surface area (Å²) in [6.07, 6.45) is 1.82. The molecule has 1 aliphatic rings. The Kier molecular flexibility index (Phi) is 5.27. The van der Waals surface area contributed by atoms with Crippen molar-refractivity contribution in [2.45, 2.75) is 18.9 Å². The molecule has 0 spiro atoms. The number of hydrogen-bond acceptors (Lipinski definition) is 3. The molecule has 1 aliphatic heterocycles. The number of benzene rings is 1. The van der Waals surface area contributed by atoms with Crippen LogP contribution in [0.5, 0.6) is 0 Å². The Morgan fingerprint density at radius 3 is 2.71 bits per heavy atom. The van der Waals surface area contributed by atoms with E-state index in [9.17, 15) is 14.0 Å². The van der Waals surface area contributed by atoms with Crippen LogP contribution in [0.3, 0.4) is 0 Å². The minimum Gasteiger partial charge on any atom is -0.381 e. The fourth-order valence-corrected chi connectivity index (χ4v) is 2.34. The van der Waals surface area contributed by atoms with E-state index in [1.165, 1.54) is 18.2 Å². The van der Waals surface area contributed by atoms with Gasteiger partial charge >= 0.3 is 0 Å². The lowest BCUT2D eigenvalue weighted by Crippen LogP contribution is -2.45. The molecule has 0 saturated carbocycles. The van der Waals surface area contributed by atoms with Crippen LogP contribution in [0.2, 0.25) is 0 Å². The number of amides is 2. The Bertz CT molecular complexity index is 513. The van der Waals surface area contributed by atoms with Crippen LogP contribution in [0.15, 0.2) is 24.3 Å². The van der Waals surface area contributed by atoms with E-state index in [2.05, 4.69) is 5.32 Å². The minimum absolute atomic E-state index is 0.0764. The van der Waals surface area contributed by atoms with Crippen LogP contribution in [0.4, 0.5) is 4.39 Å². The van der Waals surface area contributed by atoms with Crippen molar-refractivity contribution in [3.05, 3.63) is 35.6 Å². The van der Waals surface area contributed by atoms with Gasteiger partial charge in [-0.25, -0.2) is 4.39 Å². The zero-order chi connectivity index (χ0) is 15.2. The summed E-state index contributed by atoms with van der Waals surface area (Å²) in [4.78, 5) is 25.5. The first-order valence-corrected chi connectivity index (χ1v) is 6.94. The topological polar surface area (TPSA) is 58.6 Å². The Morgan fingerprint density at radius 1 is 1.38 bits per heavy atom. The fraction of sp³-hybridized carbons (Fsp3) is 0.467. The molecule has 1 heterocycles. The number of halogens is 1. The molecule has 21 heavy (non-hydrogen) atoms. The summed E-state index contributed by atoms with van der Waals surface area (Å²) < 4.78 is 18.3. The highest BCUT2D eigenvalue weighted by Gasteiger charge is 2.22.